The second kappa shape index (κ2) is 7.96. The molecule has 0 atom stereocenters. The van der Waals surface area contributed by atoms with E-state index in [1.807, 2.05) is 0 Å². The summed E-state index contributed by atoms with van der Waals surface area (Å²) in [6, 6.07) is 7.62. The van der Waals surface area contributed by atoms with Gasteiger partial charge in [0, 0.05) is 5.56 Å². The van der Waals surface area contributed by atoms with Gasteiger partial charge in [0.05, 0.1) is 10.6 Å². The van der Waals surface area contributed by atoms with E-state index in [9.17, 15) is 9.18 Å². The molecule has 1 aromatic heterocycles. The average Bonchev–Trinajstić information content (AvgIpc) is 3.32. The number of halogens is 2. The van der Waals surface area contributed by atoms with E-state index in [1.54, 1.807) is 18.2 Å². The smallest absolute Gasteiger partial charge is 0.283 e. The number of nitrogens with one attached hydrogen (secondary N) is 1. The molecule has 0 aliphatic carbocycles. The number of hydrogen-bond donors (Lipinski definition) is 1. The van der Waals surface area contributed by atoms with Crippen LogP contribution in [-0.4, -0.2) is 27.0 Å². The topological polar surface area (TPSA) is 82.0 Å². The number of fused-ring (bicyclic) bond motifs is 1. The van der Waals surface area contributed by atoms with E-state index in [-0.39, 0.29) is 16.4 Å². The molecule has 1 N–H and O–H groups in total. The lowest BCUT2D eigenvalue weighted by atomic mass is 10.1. The quantitative estimate of drug-likeness (QED) is 0.630. The molecule has 2 aromatic rings. The Kier molecular flexibility index (Phi) is 5.38. The standard InChI is InChI=1S/C20H16ClFN4O2S/c1-2-3-4-17-25-26-18(23)13(19(27)24-20(26)29-17)10-12-6-8-16(28-12)11-5-7-15(22)14(21)9-11/h5-10,23H,2-4H2,1H3/b13-10-,23-18?. The molecule has 29 heavy (non-hydrogen) atoms. The number of unbranched alkanes of at least 4 members (excludes halogenated alkanes) is 1. The second-order valence-corrected chi connectivity index (χ2v) is 7.90. The zero-order valence-electron chi connectivity index (χ0n) is 15.4. The van der Waals surface area contributed by atoms with Crippen molar-refractivity contribution in [3.63, 3.8) is 0 Å². The summed E-state index contributed by atoms with van der Waals surface area (Å²) in [6.07, 6.45) is 4.27. The molecule has 0 saturated heterocycles. The Morgan fingerprint density at radius 1 is 1.34 bits per heavy atom. The first-order valence-corrected chi connectivity index (χ1v) is 10.2. The third kappa shape index (κ3) is 3.90. The van der Waals surface area contributed by atoms with E-state index in [0.29, 0.717) is 22.3 Å². The molecule has 0 fully saturated rings. The number of nitrogens with zero attached hydrogens (tertiary/aromatic N) is 3. The van der Waals surface area contributed by atoms with Gasteiger partial charge < -0.3 is 4.42 Å². The van der Waals surface area contributed by atoms with Crippen LogP contribution in [0.1, 0.15) is 31.9 Å². The van der Waals surface area contributed by atoms with Crippen molar-refractivity contribution in [2.45, 2.75) is 26.2 Å². The molecule has 0 spiro atoms. The molecule has 3 heterocycles. The summed E-state index contributed by atoms with van der Waals surface area (Å²) < 4.78 is 19.1. The van der Waals surface area contributed by atoms with Crippen molar-refractivity contribution in [1.29, 1.82) is 5.41 Å². The maximum atomic E-state index is 13.4. The summed E-state index contributed by atoms with van der Waals surface area (Å²) in [4.78, 5) is 16.5. The van der Waals surface area contributed by atoms with Gasteiger partial charge >= 0.3 is 0 Å². The molecule has 148 valence electrons. The monoisotopic (exact) mass is 430 g/mol. The van der Waals surface area contributed by atoms with Crippen LogP contribution in [-0.2, 0) is 4.79 Å². The molecule has 2 aliphatic rings. The summed E-state index contributed by atoms with van der Waals surface area (Å²) in [5.41, 5.74) is 0.695. The van der Waals surface area contributed by atoms with Crippen LogP contribution >= 0.6 is 23.4 Å². The van der Waals surface area contributed by atoms with Gasteiger partial charge in [-0.05, 0) is 61.0 Å². The number of thioether (sulfide) groups is 1. The van der Waals surface area contributed by atoms with E-state index in [0.717, 1.165) is 24.3 Å². The summed E-state index contributed by atoms with van der Waals surface area (Å²) in [5, 5.41) is 15.4. The SMILES string of the molecule is CCCCC1=NN2C(=N)/C(=C/c3ccc(-c4ccc(F)c(Cl)c4)o3)C(=O)N=C2S1. The van der Waals surface area contributed by atoms with Gasteiger partial charge in [0.25, 0.3) is 5.91 Å². The maximum Gasteiger partial charge on any atom is 0.283 e. The van der Waals surface area contributed by atoms with Crippen LogP contribution in [0, 0.1) is 11.2 Å². The number of amides is 1. The van der Waals surface area contributed by atoms with E-state index >= 15 is 0 Å². The molecule has 1 aromatic carbocycles. The molecule has 6 nitrogen and oxygen atoms in total. The van der Waals surface area contributed by atoms with Gasteiger partial charge in [0.15, 0.2) is 5.84 Å². The average molecular weight is 431 g/mol. The number of amidine groups is 2. The van der Waals surface area contributed by atoms with Crippen molar-refractivity contribution in [3.05, 3.63) is 52.5 Å². The number of rotatable bonds is 5. The molecule has 0 radical (unpaired) electrons. The van der Waals surface area contributed by atoms with Crippen molar-refractivity contribution < 1.29 is 13.6 Å². The minimum atomic E-state index is -0.512. The van der Waals surface area contributed by atoms with Crippen molar-refractivity contribution in [2.24, 2.45) is 10.1 Å². The van der Waals surface area contributed by atoms with Crippen molar-refractivity contribution in [2.75, 3.05) is 0 Å². The Bertz CT molecular complexity index is 1110. The number of carbonyl (C=O) groups is 1. The number of hydrogen-bond acceptors (Lipinski definition) is 5. The van der Waals surface area contributed by atoms with Gasteiger partial charge in [-0.1, -0.05) is 24.9 Å². The van der Waals surface area contributed by atoms with E-state index in [1.165, 1.54) is 35.0 Å². The predicted octanol–water partition coefficient (Wildman–Crippen LogP) is 5.55. The fourth-order valence-corrected chi connectivity index (χ4v) is 3.95. The normalized spacial score (nSPS) is 17.6. The molecule has 0 saturated carbocycles. The lowest BCUT2D eigenvalue weighted by Crippen LogP contribution is -2.35. The fraction of sp³-hybridized carbons (Fsp3) is 0.200. The Labute approximate surface area is 175 Å². The van der Waals surface area contributed by atoms with Crippen LogP contribution in [0.3, 0.4) is 0 Å². The van der Waals surface area contributed by atoms with Gasteiger partial charge in [-0.3, -0.25) is 10.2 Å². The lowest BCUT2D eigenvalue weighted by molar-refractivity contribution is -0.114. The van der Waals surface area contributed by atoms with Crippen LogP contribution in [0.5, 0.6) is 0 Å². The minimum absolute atomic E-state index is 0.00632. The Balaban J connectivity index is 1.60. The highest BCUT2D eigenvalue weighted by molar-refractivity contribution is 8.26. The number of hydrazone groups is 1. The molecule has 9 heteroatoms. The first-order valence-electron chi connectivity index (χ1n) is 9.00. The first-order chi connectivity index (χ1) is 14.0. The fourth-order valence-electron chi connectivity index (χ4n) is 2.84. The van der Waals surface area contributed by atoms with Gasteiger partial charge in [-0.2, -0.15) is 15.1 Å². The van der Waals surface area contributed by atoms with Gasteiger partial charge in [0.1, 0.15) is 22.4 Å². The van der Waals surface area contributed by atoms with Gasteiger partial charge in [0.2, 0.25) is 5.17 Å². The molecule has 1 amide bonds. The number of benzene rings is 1. The highest BCUT2D eigenvalue weighted by atomic mass is 35.5. The third-order valence-corrected chi connectivity index (χ3v) is 5.62. The molecular formula is C20H16ClFN4O2S. The van der Waals surface area contributed by atoms with Crippen LogP contribution < -0.4 is 0 Å². The molecule has 4 rings (SSSR count). The predicted molar refractivity (Wildman–Crippen MR) is 114 cm³/mol. The van der Waals surface area contributed by atoms with Crippen LogP contribution in [0.4, 0.5) is 4.39 Å². The van der Waals surface area contributed by atoms with Crippen molar-refractivity contribution in [3.8, 4) is 11.3 Å². The molecular weight excluding hydrogens is 415 g/mol. The number of furan rings is 1. The zero-order chi connectivity index (χ0) is 20.5. The summed E-state index contributed by atoms with van der Waals surface area (Å²) in [5.74, 6) is -0.226. The van der Waals surface area contributed by atoms with E-state index < -0.39 is 11.7 Å². The van der Waals surface area contributed by atoms with Crippen LogP contribution in [0.15, 0.2) is 50.4 Å². The van der Waals surface area contributed by atoms with Gasteiger partial charge in [-0.15, -0.1) is 0 Å². The second-order valence-electron chi connectivity index (χ2n) is 6.45. The van der Waals surface area contributed by atoms with Gasteiger partial charge in [-0.25, -0.2) is 4.39 Å². The highest BCUT2D eigenvalue weighted by Gasteiger charge is 2.35. The minimum Gasteiger partial charge on any atom is -0.457 e. The summed E-state index contributed by atoms with van der Waals surface area (Å²) in [7, 11) is 0. The largest absolute Gasteiger partial charge is 0.457 e. The van der Waals surface area contributed by atoms with Crippen molar-refractivity contribution in [1.82, 2.24) is 5.01 Å². The molecule has 0 bridgehead atoms. The maximum absolute atomic E-state index is 13.4. The zero-order valence-corrected chi connectivity index (χ0v) is 17.0. The first kappa shape index (κ1) is 19.6. The third-order valence-electron chi connectivity index (χ3n) is 4.36. The summed E-state index contributed by atoms with van der Waals surface area (Å²) >= 11 is 7.15. The Morgan fingerprint density at radius 3 is 2.93 bits per heavy atom. The Morgan fingerprint density at radius 2 is 2.17 bits per heavy atom. The highest BCUT2D eigenvalue weighted by Crippen LogP contribution is 2.31. The molecule has 2 aliphatic heterocycles. The van der Waals surface area contributed by atoms with E-state index in [2.05, 4.69) is 17.0 Å². The van der Waals surface area contributed by atoms with E-state index in [4.69, 9.17) is 21.4 Å². The molecule has 0 unspecified atom stereocenters. The van der Waals surface area contributed by atoms with Crippen LogP contribution in [0.25, 0.3) is 17.4 Å². The van der Waals surface area contributed by atoms with Crippen molar-refractivity contribution >= 4 is 51.4 Å². The number of carbonyl (C=O) groups excluding carboxylic acids is 1. The number of aliphatic imine (C=N–C) groups is 1. The summed E-state index contributed by atoms with van der Waals surface area (Å²) in [6.45, 7) is 2.09. The van der Waals surface area contributed by atoms with Crippen LogP contribution in [0.2, 0.25) is 5.02 Å². The lowest BCUT2D eigenvalue weighted by Gasteiger charge is -2.19. The Hall–Kier alpha value is -2.71.